The monoisotopic (exact) mass is 285 g/mol. The minimum atomic E-state index is 0.727. The molecule has 0 bridgehead atoms. The highest BCUT2D eigenvalue weighted by atomic mass is 32.2. The van der Waals surface area contributed by atoms with Gasteiger partial charge in [-0.2, -0.15) is 0 Å². The number of nitrogens with zero attached hydrogens (tertiary/aromatic N) is 4. The van der Waals surface area contributed by atoms with E-state index in [1.165, 1.54) is 0 Å². The molecule has 0 fully saturated rings. The van der Waals surface area contributed by atoms with Crippen LogP contribution in [0.3, 0.4) is 0 Å². The molecule has 0 aliphatic rings. The highest BCUT2D eigenvalue weighted by molar-refractivity contribution is 7.98. The average molecular weight is 285 g/mol. The van der Waals surface area contributed by atoms with Crippen LogP contribution in [-0.2, 0) is 12.2 Å². The molecular weight excluding hydrogens is 270 g/mol. The van der Waals surface area contributed by atoms with Gasteiger partial charge in [0.15, 0.2) is 0 Å². The third-order valence-corrected chi connectivity index (χ3v) is 3.89. The summed E-state index contributed by atoms with van der Waals surface area (Å²) >= 11 is 1.58. The number of hydrogen-bond acceptors (Lipinski definition) is 5. The number of rotatable bonds is 4. The van der Waals surface area contributed by atoms with Crippen molar-refractivity contribution in [1.29, 1.82) is 0 Å². The van der Waals surface area contributed by atoms with Gasteiger partial charge >= 0.3 is 0 Å². The molecule has 0 aliphatic carbocycles. The number of H-pyrrole nitrogens is 1. The van der Waals surface area contributed by atoms with Crippen molar-refractivity contribution >= 4 is 22.8 Å². The van der Waals surface area contributed by atoms with E-state index in [0.29, 0.717) is 0 Å². The van der Waals surface area contributed by atoms with Crippen LogP contribution in [0.5, 0.6) is 0 Å². The standard InChI is InChI=1S/C14H15N5S/c1-3-13-17-14(19-18-13)20-8-12-9(2)15-10-6-4-5-7-11(10)16-12/h4-7H,3,8H2,1-2H3,(H,17,18,19). The Morgan fingerprint density at radius 1 is 1.10 bits per heavy atom. The first-order valence-electron chi connectivity index (χ1n) is 6.52. The largest absolute Gasteiger partial charge is 0.262 e. The Morgan fingerprint density at radius 2 is 1.85 bits per heavy atom. The van der Waals surface area contributed by atoms with Crippen molar-refractivity contribution in [3.63, 3.8) is 0 Å². The summed E-state index contributed by atoms with van der Waals surface area (Å²) < 4.78 is 0. The third kappa shape index (κ3) is 2.65. The summed E-state index contributed by atoms with van der Waals surface area (Å²) in [5.41, 5.74) is 3.81. The second-order valence-electron chi connectivity index (χ2n) is 4.45. The van der Waals surface area contributed by atoms with Crippen LogP contribution >= 0.6 is 11.8 Å². The van der Waals surface area contributed by atoms with Gasteiger partial charge < -0.3 is 0 Å². The van der Waals surface area contributed by atoms with Gasteiger partial charge in [0.1, 0.15) is 5.82 Å². The van der Waals surface area contributed by atoms with E-state index in [2.05, 4.69) is 25.1 Å². The van der Waals surface area contributed by atoms with Gasteiger partial charge in [-0.25, -0.2) is 15.0 Å². The molecule has 0 radical (unpaired) electrons. The van der Waals surface area contributed by atoms with E-state index in [9.17, 15) is 0 Å². The number of thioether (sulfide) groups is 1. The van der Waals surface area contributed by atoms with Gasteiger partial charge in [0.25, 0.3) is 0 Å². The minimum Gasteiger partial charge on any atom is -0.262 e. The zero-order valence-corrected chi connectivity index (χ0v) is 12.2. The molecule has 1 aromatic carbocycles. The van der Waals surface area contributed by atoms with Crippen LogP contribution in [0.1, 0.15) is 24.1 Å². The fraction of sp³-hybridized carbons (Fsp3) is 0.286. The van der Waals surface area contributed by atoms with Crippen molar-refractivity contribution in [2.45, 2.75) is 31.2 Å². The molecule has 0 saturated heterocycles. The maximum atomic E-state index is 4.67. The van der Waals surface area contributed by atoms with Gasteiger partial charge in [-0.3, -0.25) is 5.10 Å². The molecule has 0 atom stereocenters. The van der Waals surface area contributed by atoms with Crippen LogP contribution in [-0.4, -0.2) is 25.1 Å². The molecule has 0 aliphatic heterocycles. The molecule has 2 heterocycles. The van der Waals surface area contributed by atoms with Crippen LogP contribution in [0.4, 0.5) is 0 Å². The van der Waals surface area contributed by atoms with Gasteiger partial charge in [-0.1, -0.05) is 30.8 Å². The summed E-state index contributed by atoms with van der Waals surface area (Å²) in [7, 11) is 0. The number of aryl methyl sites for hydroxylation is 2. The number of aromatic nitrogens is 5. The number of hydrogen-bond donors (Lipinski definition) is 1. The van der Waals surface area contributed by atoms with Crippen molar-refractivity contribution in [1.82, 2.24) is 25.1 Å². The SMILES string of the molecule is CCc1nc(SCc2nc3ccccc3nc2C)n[nH]1. The number of fused-ring (bicyclic) bond motifs is 1. The molecule has 3 aromatic rings. The molecule has 0 saturated carbocycles. The second kappa shape index (κ2) is 5.58. The number of para-hydroxylation sites is 2. The Morgan fingerprint density at radius 3 is 2.55 bits per heavy atom. The summed E-state index contributed by atoms with van der Waals surface area (Å²) in [5.74, 6) is 1.64. The third-order valence-electron chi connectivity index (χ3n) is 3.03. The van der Waals surface area contributed by atoms with Gasteiger partial charge in [0.05, 0.1) is 22.4 Å². The quantitative estimate of drug-likeness (QED) is 0.746. The number of aromatic amines is 1. The van der Waals surface area contributed by atoms with Gasteiger partial charge in [-0.05, 0) is 19.1 Å². The summed E-state index contributed by atoms with van der Waals surface area (Å²) in [4.78, 5) is 13.6. The maximum Gasteiger partial charge on any atom is 0.208 e. The number of nitrogens with one attached hydrogen (secondary N) is 1. The summed E-state index contributed by atoms with van der Waals surface area (Å²) in [6.07, 6.45) is 0.863. The Hall–Kier alpha value is -1.95. The lowest BCUT2D eigenvalue weighted by molar-refractivity contribution is 0.941. The normalized spacial score (nSPS) is 11.1. The van der Waals surface area contributed by atoms with Gasteiger partial charge in [0, 0.05) is 12.2 Å². The zero-order chi connectivity index (χ0) is 13.9. The van der Waals surface area contributed by atoms with Crippen LogP contribution < -0.4 is 0 Å². The smallest absolute Gasteiger partial charge is 0.208 e. The van der Waals surface area contributed by atoms with Gasteiger partial charge in [0.2, 0.25) is 5.16 Å². The van der Waals surface area contributed by atoms with Crippen molar-refractivity contribution in [2.75, 3.05) is 0 Å². The fourth-order valence-electron chi connectivity index (χ4n) is 1.89. The summed E-state index contributed by atoms with van der Waals surface area (Å²) in [6, 6.07) is 7.92. The van der Waals surface area contributed by atoms with E-state index in [1.807, 2.05) is 38.1 Å². The van der Waals surface area contributed by atoms with E-state index in [-0.39, 0.29) is 0 Å². The van der Waals surface area contributed by atoms with E-state index >= 15 is 0 Å². The van der Waals surface area contributed by atoms with E-state index in [0.717, 1.165) is 45.6 Å². The van der Waals surface area contributed by atoms with Crippen molar-refractivity contribution in [2.24, 2.45) is 0 Å². The summed E-state index contributed by atoms with van der Waals surface area (Å²) in [5, 5.41) is 7.85. The number of benzene rings is 1. The highest BCUT2D eigenvalue weighted by Gasteiger charge is 2.08. The first-order valence-corrected chi connectivity index (χ1v) is 7.51. The molecule has 5 nitrogen and oxygen atoms in total. The minimum absolute atomic E-state index is 0.727. The second-order valence-corrected chi connectivity index (χ2v) is 5.39. The van der Waals surface area contributed by atoms with Crippen molar-refractivity contribution < 1.29 is 0 Å². The highest BCUT2D eigenvalue weighted by Crippen LogP contribution is 2.21. The fourth-order valence-corrected chi connectivity index (χ4v) is 2.72. The van der Waals surface area contributed by atoms with Crippen molar-refractivity contribution in [3.8, 4) is 0 Å². The lowest BCUT2D eigenvalue weighted by Crippen LogP contribution is -1.97. The molecular formula is C14H15N5S. The molecule has 2 aromatic heterocycles. The molecule has 0 amide bonds. The molecule has 20 heavy (non-hydrogen) atoms. The Labute approximate surface area is 121 Å². The first kappa shape index (κ1) is 13.1. The predicted octanol–water partition coefficient (Wildman–Crippen LogP) is 2.91. The molecule has 3 rings (SSSR count). The molecule has 1 N–H and O–H groups in total. The molecule has 6 heteroatoms. The van der Waals surface area contributed by atoms with Crippen LogP contribution in [0.15, 0.2) is 29.4 Å². The summed E-state index contributed by atoms with van der Waals surface area (Å²) in [6.45, 7) is 4.04. The Bertz CT molecular complexity index is 737. The lowest BCUT2D eigenvalue weighted by atomic mass is 10.2. The molecule has 0 unspecified atom stereocenters. The first-order chi connectivity index (χ1) is 9.76. The molecule has 102 valence electrons. The average Bonchev–Trinajstić information content (AvgIpc) is 2.93. The molecule has 0 spiro atoms. The van der Waals surface area contributed by atoms with Crippen LogP contribution in [0, 0.1) is 6.92 Å². The Kier molecular flexibility index (Phi) is 3.64. The zero-order valence-electron chi connectivity index (χ0n) is 11.4. The van der Waals surface area contributed by atoms with E-state index in [1.54, 1.807) is 11.8 Å². The van der Waals surface area contributed by atoms with Crippen LogP contribution in [0.2, 0.25) is 0 Å². The topological polar surface area (TPSA) is 67.3 Å². The predicted molar refractivity (Wildman–Crippen MR) is 79.6 cm³/mol. The van der Waals surface area contributed by atoms with Crippen LogP contribution in [0.25, 0.3) is 11.0 Å². The maximum absolute atomic E-state index is 4.67. The van der Waals surface area contributed by atoms with E-state index in [4.69, 9.17) is 0 Å². The Balaban J connectivity index is 1.81. The van der Waals surface area contributed by atoms with Crippen molar-refractivity contribution in [3.05, 3.63) is 41.5 Å². The van der Waals surface area contributed by atoms with E-state index < -0.39 is 0 Å². The van der Waals surface area contributed by atoms with Gasteiger partial charge in [-0.15, -0.1) is 5.10 Å². The lowest BCUT2D eigenvalue weighted by Gasteiger charge is -2.04.